The van der Waals surface area contributed by atoms with E-state index in [-0.39, 0.29) is 0 Å². The van der Waals surface area contributed by atoms with Gasteiger partial charge in [0.05, 0.1) is 0 Å². The van der Waals surface area contributed by atoms with E-state index < -0.39 is 0 Å². The number of carbonyl (C=O) groups is 2. The van der Waals surface area contributed by atoms with Crippen molar-refractivity contribution in [1.82, 2.24) is 5.32 Å². The minimum atomic E-state index is 0.659. The van der Waals surface area contributed by atoms with Crippen molar-refractivity contribution in [3.63, 3.8) is 0 Å². The van der Waals surface area contributed by atoms with Crippen LogP contribution in [-0.2, 0) is 9.59 Å². The maximum atomic E-state index is 9.42. The van der Waals surface area contributed by atoms with Gasteiger partial charge in [-0.25, -0.2) is 0 Å². The number of nitrogens with one attached hydrogen (secondary N) is 1. The summed E-state index contributed by atoms with van der Waals surface area (Å²) in [5, 5.41) is 2.44. The van der Waals surface area contributed by atoms with Gasteiger partial charge in [0.15, 0.2) is 0 Å². The molecule has 0 heterocycles. The molecule has 0 aliphatic carbocycles. The van der Waals surface area contributed by atoms with E-state index in [1.165, 1.54) is 11.1 Å². The molecule has 0 bridgehead atoms. The number of hydrogen-bond donors (Lipinski definition) is 2. The smallest absolute Gasteiger partial charge is 0.207 e. The SMILES string of the molecule is C=O.Cc1ccc(C)cc1.O=CNCCS. The Morgan fingerprint density at radius 3 is 1.75 bits per heavy atom. The summed E-state index contributed by atoms with van der Waals surface area (Å²) in [7, 11) is 0. The van der Waals surface area contributed by atoms with Crippen molar-refractivity contribution in [1.29, 1.82) is 0 Å². The lowest BCUT2D eigenvalue weighted by Gasteiger charge is -1.90. The molecule has 0 aliphatic rings. The van der Waals surface area contributed by atoms with Crippen LogP contribution in [0.2, 0.25) is 0 Å². The van der Waals surface area contributed by atoms with Crippen molar-refractivity contribution >= 4 is 25.8 Å². The third kappa shape index (κ3) is 12.7. The van der Waals surface area contributed by atoms with Crippen molar-refractivity contribution in [3.8, 4) is 0 Å². The summed E-state index contributed by atoms with van der Waals surface area (Å²) in [5.74, 6) is 0.707. The van der Waals surface area contributed by atoms with Gasteiger partial charge >= 0.3 is 0 Å². The largest absolute Gasteiger partial charge is 0.358 e. The highest BCUT2D eigenvalue weighted by atomic mass is 32.1. The van der Waals surface area contributed by atoms with Gasteiger partial charge in [-0.2, -0.15) is 12.6 Å². The second kappa shape index (κ2) is 13.7. The van der Waals surface area contributed by atoms with E-state index in [4.69, 9.17) is 4.79 Å². The Morgan fingerprint density at radius 2 is 1.56 bits per heavy atom. The monoisotopic (exact) mass is 241 g/mol. The Bertz CT molecular complexity index is 241. The zero-order chi connectivity index (χ0) is 12.8. The highest BCUT2D eigenvalue weighted by Crippen LogP contribution is 1.99. The Kier molecular flexibility index (Phi) is 14.7. The van der Waals surface area contributed by atoms with Gasteiger partial charge in [-0.3, -0.25) is 4.79 Å². The molecule has 1 aromatic carbocycles. The molecule has 0 saturated carbocycles. The van der Waals surface area contributed by atoms with Crippen LogP contribution in [0.5, 0.6) is 0 Å². The average molecular weight is 241 g/mol. The Labute approximate surface area is 103 Å². The van der Waals surface area contributed by atoms with E-state index in [1.807, 2.05) is 6.79 Å². The lowest BCUT2D eigenvalue weighted by atomic mass is 10.2. The highest BCUT2D eigenvalue weighted by Gasteiger charge is 1.79. The van der Waals surface area contributed by atoms with Gasteiger partial charge in [0.25, 0.3) is 0 Å². The molecule has 1 rings (SSSR count). The molecule has 90 valence electrons. The number of benzene rings is 1. The summed E-state index contributed by atoms with van der Waals surface area (Å²) in [4.78, 5) is 17.4. The van der Waals surface area contributed by atoms with E-state index in [2.05, 4.69) is 56.1 Å². The van der Waals surface area contributed by atoms with Crippen LogP contribution in [0.4, 0.5) is 0 Å². The lowest BCUT2D eigenvalue weighted by molar-refractivity contribution is -0.109. The van der Waals surface area contributed by atoms with Gasteiger partial charge in [-0.05, 0) is 13.8 Å². The van der Waals surface area contributed by atoms with Crippen molar-refractivity contribution in [2.75, 3.05) is 12.3 Å². The predicted octanol–water partition coefficient (Wildman–Crippen LogP) is 1.78. The zero-order valence-electron chi connectivity index (χ0n) is 9.77. The number of hydrogen-bond acceptors (Lipinski definition) is 3. The fourth-order valence-electron chi connectivity index (χ4n) is 0.760. The molecule has 3 nitrogen and oxygen atoms in total. The quantitative estimate of drug-likeness (QED) is 0.481. The molecule has 16 heavy (non-hydrogen) atoms. The van der Waals surface area contributed by atoms with Crippen LogP contribution in [0.15, 0.2) is 24.3 Å². The van der Waals surface area contributed by atoms with Crippen LogP contribution >= 0.6 is 12.6 Å². The van der Waals surface area contributed by atoms with Gasteiger partial charge in [-0.15, -0.1) is 0 Å². The van der Waals surface area contributed by atoms with Crippen LogP contribution in [0.1, 0.15) is 11.1 Å². The van der Waals surface area contributed by atoms with Crippen LogP contribution in [-0.4, -0.2) is 25.5 Å². The standard InChI is InChI=1S/C8H10.C3H7NOS.CH2O/c1-7-3-5-8(2)6-4-7;5-3-4-1-2-6;1-2/h3-6H,1-2H3;3,6H,1-2H2,(H,4,5);1H2. The molecule has 0 atom stereocenters. The first-order valence-corrected chi connectivity index (χ1v) is 5.44. The zero-order valence-corrected chi connectivity index (χ0v) is 10.7. The Morgan fingerprint density at radius 1 is 1.19 bits per heavy atom. The van der Waals surface area contributed by atoms with E-state index in [1.54, 1.807) is 0 Å². The molecule has 0 saturated heterocycles. The number of aryl methyl sites for hydroxylation is 2. The number of thiol groups is 1. The van der Waals surface area contributed by atoms with Crippen molar-refractivity contribution < 1.29 is 9.59 Å². The second-order valence-electron chi connectivity index (χ2n) is 2.95. The molecule has 0 unspecified atom stereocenters. The number of rotatable bonds is 3. The first-order chi connectivity index (χ1) is 7.70. The number of amides is 1. The summed E-state index contributed by atoms with van der Waals surface area (Å²) in [6.07, 6.45) is 0.663. The van der Waals surface area contributed by atoms with Crippen LogP contribution in [0, 0.1) is 13.8 Å². The fraction of sp³-hybridized carbons (Fsp3) is 0.333. The molecule has 1 N–H and O–H groups in total. The summed E-state index contributed by atoms with van der Waals surface area (Å²) >= 11 is 3.83. The first-order valence-electron chi connectivity index (χ1n) is 4.80. The Balaban J connectivity index is 0. The maximum Gasteiger partial charge on any atom is 0.207 e. The van der Waals surface area contributed by atoms with Gasteiger partial charge in [-0.1, -0.05) is 35.4 Å². The molecule has 0 fully saturated rings. The summed E-state index contributed by atoms with van der Waals surface area (Å²) in [6.45, 7) is 6.85. The summed E-state index contributed by atoms with van der Waals surface area (Å²) in [5.41, 5.74) is 2.66. The molecule has 0 aliphatic heterocycles. The normalized spacial score (nSPS) is 7.69. The molecule has 1 amide bonds. The summed E-state index contributed by atoms with van der Waals surface area (Å²) < 4.78 is 0. The average Bonchev–Trinajstić information content (AvgIpc) is 2.34. The maximum absolute atomic E-state index is 9.42. The van der Waals surface area contributed by atoms with E-state index in [9.17, 15) is 4.79 Å². The topological polar surface area (TPSA) is 46.2 Å². The minimum Gasteiger partial charge on any atom is -0.358 e. The van der Waals surface area contributed by atoms with Crippen LogP contribution in [0.3, 0.4) is 0 Å². The van der Waals surface area contributed by atoms with Crippen molar-refractivity contribution in [3.05, 3.63) is 35.4 Å². The van der Waals surface area contributed by atoms with Gasteiger partial charge in [0.2, 0.25) is 6.41 Å². The molecule has 0 radical (unpaired) electrons. The van der Waals surface area contributed by atoms with Gasteiger partial charge in [0, 0.05) is 12.3 Å². The van der Waals surface area contributed by atoms with Crippen molar-refractivity contribution in [2.45, 2.75) is 13.8 Å². The predicted molar refractivity (Wildman–Crippen MR) is 71.0 cm³/mol. The molecule has 0 spiro atoms. The van der Waals surface area contributed by atoms with Crippen molar-refractivity contribution in [2.24, 2.45) is 0 Å². The van der Waals surface area contributed by atoms with Crippen LogP contribution in [0.25, 0.3) is 0 Å². The summed E-state index contributed by atoms with van der Waals surface area (Å²) in [6, 6.07) is 8.48. The first kappa shape index (κ1) is 17.1. The highest BCUT2D eigenvalue weighted by molar-refractivity contribution is 7.80. The number of carbonyl (C=O) groups excluding carboxylic acids is 2. The molecule has 1 aromatic rings. The molecule has 0 aromatic heterocycles. The molecular formula is C12H19NO2S. The Hall–Kier alpha value is -1.29. The van der Waals surface area contributed by atoms with Crippen LogP contribution < -0.4 is 5.32 Å². The third-order valence-electron chi connectivity index (χ3n) is 1.56. The lowest BCUT2D eigenvalue weighted by Crippen LogP contribution is -2.12. The molecular weight excluding hydrogens is 222 g/mol. The van der Waals surface area contributed by atoms with E-state index in [0.717, 1.165) is 0 Å². The fourth-order valence-corrected chi connectivity index (χ4v) is 0.889. The van der Waals surface area contributed by atoms with Gasteiger partial charge < -0.3 is 10.1 Å². The third-order valence-corrected chi connectivity index (χ3v) is 1.78. The minimum absolute atomic E-state index is 0.659. The van der Waals surface area contributed by atoms with Gasteiger partial charge in [0.1, 0.15) is 6.79 Å². The molecule has 4 heteroatoms. The second-order valence-corrected chi connectivity index (χ2v) is 3.40. The van der Waals surface area contributed by atoms with E-state index >= 15 is 0 Å². The van der Waals surface area contributed by atoms with E-state index in [0.29, 0.717) is 18.7 Å².